The van der Waals surface area contributed by atoms with Crippen LogP contribution in [0.2, 0.25) is 0 Å². The number of nitrogens with one attached hydrogen (secondary N) is 1. The minimum atomic E-state index is -0.0203. The van der Waals surface area contributed by atoms with E-state index in [1.807, 2.05) is 6.07 Å². The summed E-state index contributed by atoms with van der Waals surface area (Å²) in [5.74, 6) is 0. The third-order valence-corrected chi connectivity index (χ3v) is 3.93. The lowest BCUT2D eigenvalue weighted by molar-refractivity contribution is 0.132. The Morgan fingerprint density at radius 2 is 1.89 bits per heavy atom. The summed E-state index contributed by atoms with van der Waals surface area (Å²) in [6, 6.07) is 10.9. The monoisotopic (exact) mass is 264 g/mol. The molecule has 1 aromatic rings. The van der Waals surface area contributed by atoms with Gasteiger partial charge in [0.05, 0.1) is 0 Å². The molecule has 0 saturated carbocycles. The van der Waals surface area contributed by atoms with Gasteiger partial charge in [0.15, 0.2) is 0 Å². The van der Waals surface area contributed by atoms with Gasteiger partial charge in [-0.1, -0.05) is 44.2 Å². The molecule has 0 saturated heterocycles. The molecule has 2 N–H and O–H groups in total. The average Bonchev–Trinajstić information content (AvgIpc) is 2.44. The summed E-state index contributed by atoms with van der Waals surface area (Å²) >= 11 is 0. The van der Waals surface area contributed by atoms with Gasteiger partial charge in [-0.05, 0) is 26.1 Å². The first-order valence-corrected chi connectivity index (χ1v) is 7.05. The van der Waals surface area contributed by atoms with E-state index in [1.165, 1.54) is 5.56 Å². The van der Waals surface area contributed by atoms with Gasteiger partial charge in [-0.15, -0.1) is 0 Å². The maximum atomic E-state index is 9.43. The highest BCUT2D eigenvalue weighted by Crippen LogP contribution is 2.20. The topological polar surface area (TPSA) is 35.5 Å². The van der Waals surface area contributed by atoms with Crippen molar-refractivity contribution in [1.82, 2.24) is 10.2 Å². The highest BCUT2D eigenvalue weighted by Gasteiger charge is 2.21. The number of rotatable bonds is 8. The van der Waals surface area contributed by atoms with Gasteiger partial charge in [0.25, 0.3) is 0 Å². The van der Waals surface area contributed by atoms with Crippen LogP contribution in [0.4, 0.5) is 0 Å². The van der Waals surface area contributed by atoms with E-state index in [0.717, 1.165) is 19.5 Å². The number of nitrogens with zero attached hydrogens (tertiary/aromatic N) is 1. The molecule has 0 amide bonds. The Bertz CT molecular complexity index is 347. The van der Waals surface area contributed by atoms with Gasteiger partial charge in [-0.3, -0.25) is 0 Å². The zero-order valence-electron chi connectivity index (χ0n) is 12.7. The minimum Gasteiger partial charge on any atom is -0.396 e. The van der Waals surface area contributed by atoms with Crippen molar-refractivity contribution < 1.29 is 5.11 Å². The molecule has 0 heterocycles. The number of aliphatic hydroxyl groups excluding tert-OH is 1. The second-order valence-electron chi connectivity index (χ2n) is 5.84. The summed E-state index contributed by atoms with van der Waals surface area (Å²) in [7, 11) is 4.20. The summed E-state index contributed by atoms with van der Waals surface area (Å²) in [6.07, 6.45) is 0.981. The third-order valence-electron chi connectivity index (χ3n) is 3.93. The van der Waals surface area contributed by atoms with Crippen LogP contribution in [0.25, 0.3) is 0 Å². The molecule has 3 heteroatoms. The molecule has 1 aromatic carbocycles. The summed E-state index contributed by atoms with van der Waals surface area (Å²) < 4.78 is 0. The van der Waals surface area contributed by atoms with Gasteiger partial charge in [0.1, 0.15) is 0 Å². The van der Waals surface area contributed by atoms with Gasteiger partial charge in [-0.25, -0.2) is 0 Å². The van der Waals surface area contributed by atoms with E-state index in [1.54, 1.807) is 0 Å². The Hall–Kier alpha value is -0.900. The summed E-state index contributed by atoms with van der Waals surface area (Å²) in [4.78, 5) is 2.23. The first-order chi connectivity index (χ1) is 9.02. The van der Waals surface area contributed by atoms with Crippen molar-refractivity contribution in [2.24, 2.45) is 5.41 Å². The lowest BCUT2D eigenvalue weighted by Crippen LogP contribution is -2.38. The van der Waals surface area contributed by atoms with Crippen LogP contribution < -0.4 is 5.32 Å². The SMILES string of the molecule is CCC(C)(CO)CNCC(c1ccccc1)N(C)C. The molecule has 2 atom stereocenters. The molecule has 3 nitrogen and oxygen atoms in total. The molecule has 0 aliphatic rings. The lowest BCUT2D eigenvalue weighted by atomic mass is 9.88. The molecule has 0 radical (unpaired) electrons. The lowest BCUT2D eigenvalue weighted by Gasteiger charge is -2.30. The summed E-state index contributed by atoms with van der Waals surface area (Å²) in [6.45, 7) is 6.21. The second kappa shape index (κ2) is 7.63. The first-order valence-electron chi connectivity index (χ1n) is 7.05. The zero-order chi connectivity index (χ0) is 14.3. The fraction of sp³-hybridized carbons (Fsp3) is 0.625. The highest BCUT2D eigenvalue weighted by atomic mass is 16.3. The van der Waals surface area contributed by atoms with E-state index < -0.39 is 0 Å². The number of hydrogen-bond donors (Lipinski definition) is 2. The molecular weight excluding hydrogens is 236 g/mol. The van der Waals surface area contributed by atoms with E-state index in [4.69, 9.17) is 0 Å². The Kier molecular flexibility index (Phi) is 6.49. The minimum absolute atomic E-state index is 0.0203. The fourth-order valence-electron chi connectivity index (χ4n) is 2.08. The van der Waals surface area contributed by atoms with Gasteiger partial charge in [0, 0.05) is 31.2 Å². The molecule has 2 unspecified atom stereocenters. The Morgan fingerprint density at radius 1 is 1.26 bits per heavy atom. The first kappa shape index (κ1) is 16.2. The Labute approximate surface area is 117 Å². The van der Waals surface area contributed by atoms with Crippen LogP contribution in [0.15, 0.2) is 30.3 Å². The van der Waals surface area contributed by atoms with Crippen LogP contribution in [0, 0.1) is 5.41 Å². The molecule has 0 aromatic heterocycles. The van der Waals surface area contributed by atoms with Crippen LogP contribution >= 0.6 is 0 Å². The van der Waals surface area contributed by atoms with Gasteiger partial charge in [-0.2, -0.15) is 0 Å². The third kappa shape index (κ3) is 4.94. The smallest absolute Gasteiger partial charge is 0.0496 e. The molecule has 0 aliphatic heterocycles. The second-order valence-corrected chi connectivity index (χ2v) is 5.84. The number of likely N-dealkylation sites (N-methyl/N-ethyl adjacent to an activating group) is 1. The van der Waals surface area contributed by atoms with E-state index in [0.29, 0.717) is 6.04 Å². The maximum absolute atomic E-state index is 9.43. The normalized spacial score (nSPS) is 16.3. The van der Waals surface area contributed by atoms with Crippen molar-refractivity contribution >= 4 is 0 Å². The number of aliphatic hydroxyl groups is 1. The maximum Gasteiger partial charge on any atom is 0.0496 e. The number of benzene rings is 1. The van der Waals surface area contributed by atoms with Crippen molar-refractivity contribution in [2.75, 3.05) is 33.8 Å². The van der Waals surface area contributed by atoms with Crippen LogP contribution in [0.5, 0.6) is 0 Å². The Morgan fingerprint density at radius 3 is 2.37 bits per heavy atom. The fourth-order valence-corrected chi connectivity index (χ4v) is 2.08. The number of hydrogen-bond acceptors (Lipinski definition) is 3. The van der Waals surface area contributed by atoms with Crippen molar-refractivity contribution in [1.29, 1.82) is 0 Å². The van der Waals surface area contributed by atoms with Crippen molar-refractivity contribution in [2.45, 2.75) is 26.3 Å². The van der Waals surface area contributed by atoms with Gasteiger partial charge in [0.2, 0.25) is 0 Å². The standard InChI is InChI=1S/C16H28N2O/c1-5-16(2,13-19)12-17-11-15(18(3)4)14-9-7-6-8-10-14/h6-10,15,17,19H,5,11-13H2,1-4H3. The molecule has 0 aliphatic carbocycles. The van der Waals surface area contributed by atoms with E-state index in [9.17, 15) is 5.11 Å². The predicted molar refractivity (Wildman–Crippen MR) is 81.2 cm³/mol. The van der Waals surface area contributed by atoms with Crippen molar-refractivity contribution in [3.05, 3.63) is 35.9 Å². The van der Waals surface area contributed by atoms with Crippen LogP contribution in [-0.2, 0) is 0 Å². The molecule has 108 valence electrons. The molecule has 0 spiro atoms. The molecule has 0 fully saturated rings. The van der Waals surface area contributed by atoms with Crippen LogP contribution in [0.3, 0.4) is 0 Å². The van der Waals surface area contributed by atoms with Gasteiger partial charge >= 0.3 is 0 Å². The van der Waals surface area contributed by atoms with Gasteiger partial charge < -0.3 is 15.3 Å². The largest absolute Gasteiger partial charge is 0.396 e. The molecular formula is C16H28N2O. The van der Waals surface area contributed by atoms with Crippen molar-refractivity contribution in [3.8, 4) is 0 Å². The van der Waals surface area contributed by atoms with E-state index >= 15 is 0 Å². The molecule has 19 heavy (non-hydrogen) atoms. The van der Waals surface area contributed by atoms with Crippen LogP contribution in [-0.4, -0.2) is 43.8 Å². The van der Waals surface area contributed by atoms with E-state index in [2.05, 4.69) is 62.4 Å². The van der Waals surface area contributed by atoms with E-state index in [-0.39, 0.29) is 12.0 Å². The Balaban J connectivity index is 2.57. The predicted octanol–water partition coefficient (Wildman–Crippen LogP) is 2.29. The summed E-state index contributed by atoms with van der Waals surface area (Å²) in [5.41, 5.74) is 1.30. The van der Waals surface area contributed by atoms with Crippen LogP contribution in [0.1, 0.15) is 31.9 Å². The highest BCUT2D eigenvalue weighted by molar-refractivity contribution is 5.19. The molecule has 1 rings (SSSR count). The molecule has 0 bridgehead atoms. The zero-order valence-corrected chi connectivity index (χ0v) is 12.7. The van der Waals surface area contributed by atoms with Crippen molar-refractivity contribution in [3.63, 3.8) is 0 Å². The average molecular weight is 264 g/mol. The summed E-state index contributed by atoms with van der Waals surface area (Å²) in [5, 5.41) is 12.9. The quantitative estimate of drug-likeness (QED) is 0.756.